The first-order valence-corrected chi connectivity index (χ1v) is 9.36. The highest BCUT2D eigenvalue weighted by atomic mass is 16.2. The van der Waals surface area contributed by atoms with Crippen molar-refractivity contribution in [1.29, 1.82) is 0 Å². The molecule has 5 nitrogen and oxygen atoms in total. The van der Waals surface area contributed by atoms with Crippen molar-refractivity contribution in [2.24, 2.45) is 18.9 Å². The second kappa shape index (κ2) is 6.62. The predicted octanol–water partition coefficient (Wildman–Crippen LogP) is 2.51. The molecule has 1 aromatic heterocycles. The molecule has 0 N–H and O–H groups in total. The molecule has 1 aliphatic heterocycles. The molecule has 2 heterocycles. The SMILES string of the molecule is Cn1nc(CC(=O)N2CC[C@@H]3CCCC[C@H]3C2)c2ccccc2c1=O. The Labute approximate surface area is 147 Å². The summed E-state index contributed by atoms with van der Waals surface area (Å²) >= 11 is 0. The number of fused-ring (bicyclic) bond motifs is 2. The van der Waals surface area contributed by atoms with Crippen LogP contribution in [0.3, 0.4) is 0 Å². The maximum absolute atomic E-state index is 12.9. The zero-order valence-electron chi connectivity index (χ0n) is 14.8. The topological polar surface area (TPSA) is 55.2 Å². The molecule has 132 valence electrons. The van der Waals surface area contributed by atoms with Gasteiger partial charge in [0.15, 0.2) is 0 Å². The van der Waals surface area contributed by atoms with E-state index in [1.54, 1.807) is 13.1 Å². The van der Waals surface area contributed by atoms with Gasteiger partial charge in [-0.3, -0.25) is 9.59 Å². The van der Waals surface area contributed by atoms with Crippen LogP contribution in [-0.2, 0) is 18.3 Å². The Kier molecular flexibility index (Phi) is 4.32. The van der Waals surface area contributed by atoms with Gasteiger partial charge < -0.3 is 4.90 Å². The zero-order valence-corrected chi connectivity index (χ0v) is 14.8. The summed E-state index contributed by atoms with van der Waals surface area (Å²) in [5.41, 5.74) is 0.586. The molecule has 2 aliphatic rings. The minimum absolute atomic E-state index is 0.116. The molecule has 1 saturated carbocycles. The van der Waals surface area contributed by atoms with Crippen LogP contribution in [0.15, 0.2) is 29.1 Å². The van der Waals surface area contributed by atoms with E-state index < -0.39 is 0 Å². The van der Waals surface area contributed by atoms with Gasteiger partial charge >= 0.3 is 0 Å². The molecular weight excluding hydrogens is 314 g/mol. The van der Waals surface area contributed by atoms with Crippen molar-refractivity contribution in [3.8, 4) is 0 Å². The van der Waals surface area contributed by atoms with Crippen LogP contribution in [0.25, 0.3) is 10.8 Å². The third-order valence-corrected chi connectivity index (χ3v) is 6.00. The highest BCUT2D eigenvalue weighted by molar-refractivity contribution is 5.88. The van der Waals surface area contributed by atoms with Crippen molar-refractivity contribution in [3.63, 3.8) is 0 Å². The summed E-state index contributed by atoms with van der Waals surface area (Å²) in [5, 5.41) is 5.80. The molecule has 25 heavy (non-hydrogen) atoms. The van der Waals surface area contributed by atoms with Crippen molar-refractivity contribution in [2.45, 2.75) is 38.5 Å². The maximum atomic E-state index is 12.9. The predicted molar refractivity (Wildman–Crippen MR) is 97.3 cm³/mol. The first-order chi connectivity index (χ1) is 12.1. The van der Waals surface area contributed by atoms with Gasteiger partial charge in [-0.1, -0.05) is 37.5 Å². The number of aryl methyl sites for hydroxylation is 1. The summed E-state index contributed by atoms with van der Waals surface area (Å²) in [6, 6.07) is 7.44. The number of carbonyl (C=O) groups is 1. The number of hydrogen-bond acceptors (Lipinski definition) is 3. The normalized spacial score (nSPS) is 23.5. The number of nitrogens with zero attached hydrogens (tertiary/aromatic N) is 3. The number of rotatable bonds is 2. The molecule has 0 unspecified atom stereocenters. The maximum Gasteiger partial charge on any atom is 0.274 e. The van der Waals surface area contributed by atoms with Gasteiger partial charge in [-0.25, -0.2) is 4.68 Å². The number of amides is 1. The highest BCUT2D eigenvalue weighted by Crippen LogP contribution is 2.36. The van der Waals surface area contributed by atoms with Crippen LogP contribution in [0.5, 0.6) is 0 Å². The summed E-state index contributed by atoms with van der Waals surface area (Å²) in [4.78, 5) is 27.1. The molecule has 0 spiro atoms. The number of piperidine rings is 1. The summed E-state index contributed by atoms with van der Waals surface area (Å²) in [6.07, 6.45) is 6.65. The Hall–Kier alpha value is -2.17. The fourth-order valence-corrected chi connectivity index (χ4v) is 4.59. The van der Waals surface area contributed by atoms with E-state index in [4.69, 9.17) is 0 Å². The van der Waals surface area contributed by atoms with E-state index in [0.717, 1.165) is 30.8 Å². The van der Waals surface area contributed by atoms with E-state index in [1.807, 2.05) is 23.1 Å². The van der Waals surface area contributed by atoms with Crippen molar-refractivity contribution in [3.05, 3.63) is 40.3 Å². The van der Waals surface area contributed by atoms with E-state index in [-0.39, 0.29) is 17.9 Å². The van der Waals surface area contributed by atoms with Crippen molar-refractivity contribution in [2.75, 3.05) is 13.1 Å². The number of benzene rings is 1. The van der Waals surface area contributed by atoms with E-state index in [2.05, 4.69) is 5.10 Å². The summed E-state index contributed by atoms with van der Waals surface area (Å²) in [6.45, 7) is 1.76. The molecule has 5 heteroatoms. The summed E-state index contributed by atoms with van der Waals surface area (Å²) in [5.74, 6) is 1.63. The van der Waals surface area contributed by atoms with Crippen LogP contribution in [0, 0.1) is 11.8 Å². The van der Waals surface area contributed by atoms with E-state index in [0.29, 0.717) is 17.0 Å². The molecule has 1 amide bonds. The van der Waals surface area contributed by atoms with Crippen LogP contribution >= 0.6 is 0 Å². The van der Waals surface area contributed by atoms with Crippen LogP contribution in [0.2, 0.25) is 0 Å². The van der Waals surface area contributed by atoms with Crippen LogP contribution in [0.1, 0.15) is 37.8 Å². The molecular formula is C20H25N3O2. The second-order valence-electron chi connectivity index (χ2n) is 7.53. The Balaban J connectivity index is 1.56. The molecule has 1 saturated heterocycles. The fraction of sp³-hybridized carbons (Fsp3) is 0.550. The van der Waals surface area contributed by atoms with Gasteiger partial charge in [0.2, 0.25) is 5.91 Å². The lowest BCUT2D eigenvalue weighted by atomic mass is 9.75. The first-order valence-electron chi connectivity index (χ1n) is 9.36. The summed E-state index contributed by atoms with van der Waals surface area (Å²) in [7, 11) is 1.65. The third kappa shape index (κ3) is 3.08. The lowest BCUT2D eigenvalue weighted by Gasteiger charge is -2.41. The molecule has 2 aromatic rings. The minimum Gasteiger partial charge on any atom is -0.342 e. The Morgan fingerprint density at radius 3 is 2.64 bits per heavy atom. The van der Waals surface area contributed by atoms with Crippen LogP contribution in [0.4, 0.5) is 0 Å². The van der Waals surface area contributed by atoms with Crippen molar-refractivity contribution < 1.29 is 4.79 Å². The number of likely N-dealkylation sites (tertiary alicyclic amines) is 1. The fourth-order valence-electron chi connectivity index (χ4n) is 4.59. The van der Waals surface area contributed by atoms with E-state index >= 15 is 0 Å². The van der Waals surface area contributed by atoms with Gasteiger partial charge in [-0.15, -0.1) is 0 Å². The van der Waals surface area contributed by atoms with Gasteiger partial charge in [0.25, 0.3) is 5.56 Å². The molecule has 1 aromatic carbocycles. The lowest BCUT2D eigenvalue weighted by molar-refractivity contribution is -0.133. The van der Waals surface area contributed by atoms with Crippen molar-refractivity contribution >= 4 is 16.7 Å². The average Bonchev–Trinajstić information content (AvgIpc) is 2.65. The Morgan fingerprint density at radius 1 is 1.12 bits per heavy atom. The minimum atomic E-state index is -0.116. The van der Waals surface area contributed by atoms with Crippen LogP contribution in [-0.4, -0.2) is 33.7 Å². The number of hydrogen-bond donors (Lipinski definition) is 0. The number of aromatic nitrogens is 2. The Bertz CT molecular complexity index is 858. The van der Waals surface area contributed by atoms with Gasteiger partial charge in [0.05, 0.1) is 17.5 Å². The molecule has 2 atom stereocenters. The molecule has 4 rings (SSSR count). The van der Waals surface area contributed by atoms with Gasteiger partial charge in [-0.05, 0) is 30.7 Å². The van der Waals surface area contributed by atoms with Crippen molar-refractivity contribution in [1.82, 2.24) is 14.7 Å². The average molecular weight is 339 g/mol. The zero-order chi connectivity index (χ0) is 17.4. The van der Waals surface area contributed by atoms with Crippen LogP contribution < -0.4 is 5.56 Å². The quantitative estimate of drug-likeness (QED) is 0.845. The smallest absolute Gasteiger partial charge is 0.274 e. The largest absolute Gasteiger partial charge is 0.342 e. The molecule has 1 aliphatic carbocycles. The monoisotopic (exact) mass is 339 g/mol. The standard InChI is InChI=1S/C20H25N3O2/c1-22-20(25)17-9-5-4-8-16(17)18(21-22)12-19(24)23-11-10-14-6-2-3-7-15(14)13-23/h4-5,8-9,14-15H,2-3,6-7,10-13H2,1H3/t14-,15-/m0/s1. The van der Waals surface area contributed by atoms with Gasteiger partial charge in [0, 0.05) is 25.5 Å². The second-order valence-corrected chi connectivity index (χ2v) is 7.53. The number of carbonyl (C=O) groups excluding carboxylic acids is 1. The molecule has 2 fully saturated rings. The summed E-state index contributed by atoms with van der Waals surface area (Å²) < 4.78 is 1.35. The first kappa shape index (κ1) is 16.3. The van der Waals surface area contributed by atoms with Gasteiger partial charge in [-0.2, -0.15) is 5.10 Å². The highest BCUT2D eigenvalue weighted by Gasteiger charge is 2.33. The van der Waals surface area contributed by atoms with E-state index in [9.17, 15) is 9.59 Å². The third-order valence-electron chi connectivity index (χ3n) is 6.00. The van der Waals surface area contributed by atoms with Gasteiger partial charge in [0.1, 0.15) is 0 Å². The Morgan fingerprint density at radius 2 is 1.84 bits per heavy atom. The van der Waals surface area contributed by atoms with E-state index in [1.165, 1.54) is 30.4 Å². The lowest BCUT2D eigenvalue weighted by Crippen LogP contribution is -2.45. The molecule has 0 bridgehead atoms. The molecule has 0 radical (unpaired) electrons.